The third kappa shape index (κ3) is 3.16. The van der Waals surface area contributed by atoms with Crippen molar-refractivity contribution in [2.75, 3.05) is 26.2 Å². The number of carbonyl (C=O) groups excluding carboxylic acids is 1. The van der Waals surface area contributed by atoms with Crippen LogP contribution in [0, 0.1) is 0 Å². The van der Waals surface area contributed by atoms with Crippen molar-refractivity contribution in [3.05, 3.63) is 46.2 Å². The molecule has 1 atom stereocenters. The Morgan fingerprint density at radius 1 is 1.08 bits per heavy atom. The van der Waals surface area contributed by atoms with Crippen LogP contribution in [-0.4, -0.2) is 52.5 Å². The molecule has 2 aliphatic rings. The van der Waals surface area contributed by atoms with Crippen molar-refractivity contribution in [1.82, 2.24) is 14.4 Å². The summed E-state index contributed by atoms with van der Waals surface area (Å²) in [6, 6.07) is 7.73. The van der Waals surface area contributed by atoms with Gasteiger partial charge in [-0.3, -0.25) is 9.59 Å². The quantitative estimate of drug-likeness (QED) is 0.852. The number of pyridine rings is 1. The summed E-state index contributed by atoms with van der Waals surface area (Å²) >= 11 is 0. The Morgan fingerprint density at radius 3 is 2.62 bits per heavy atom. The van der Waals surface area contributed by atoms with Crippen LogP contribution in [0.2, 0.25) is 0 Å². The molecule has 2 aromatic rings. The van der Waals surface area contributed by atoms with Crippen LogP contribution in [0.1, 0.15) is 42.5 Å². The molecule has 1 aromatic heterocycles. The molecular formula is C21H27N3O2. The fourth-order valence-corrected chi connectivity index (χ4v) is 4.47. The first-order valence-electron chi connectivity index (χ1n) is 9.77. The molecule has 5 heteroatoms. The van der Waals surface area contributed by atoms with E-state index in [-0.39, 0.29) is 17.4 Å². The number of hydrogen-bond acceptors (Lipinski definition) is 3. The van der Waals surface area contributed by atoms with E-state index in [1.807, 2.05) is 40.8 Å². The molecule has 2 saturated heterocycles. The normalized spacial score (nSPS) is 21.4. The van der Waals surface area contributed by atoms with Crippen LogP contribution < -0.4 is 5.43 Å². The molecule has 2 aliphatic heterocycles. The number of benzene rings is 1. The van der Waals surface area contributed by atoms with Crippen LogP contribution in [0.3, 0.4) is 0 Å². The van der Waals surface area contributed by atoms with Crippen molar-refractivity contribution >= 4 is 16.8 Å². The summed E-state index contributed by atoms with van der Waals surface area (Å²) in [4.78, 5) is 30.7. The SMILES string of the molecule is Cn1cc(C(=O)N2CCCC[C@@H]2CN2CCCC2)c(=O)c2ccccc21. The van der Waals surface area contributed by atoms with E-state index in [0.717, 1.165) is 51.0 Å². The molecular weight excluding hydrogens is 326 g/mol. The van der Waals surface area contributed by atoms with Crippen molar-refractivity contribution < 1.29 is 4.79 Å². The molecule has 0 radical (unpaired) electrons. The fraction of sp³-hybridized carbons (Fsp3) is 0.524. The average molecular weight is 353 g/mol. The first-order chi connectivity index (χ1) is 12.6. The Morgan fingerprint density at radius 2 is 1.81 bits per heavy atom. The monoisotopic (exact) mass is 353 g/mol. The summed E-state index contributed by atoms with van der Waals surface area (Å²) < 4.78 is 1.89. The van der Waals surface area contributed by atoms with E-state index in [1.165, 1.54) is 12.8 Å². The van der Waals surface area contributed by atoms with Gasteiger partial charge in [0.1, 0.15) is 5.56 Å². The number of nitrogens with zero attached hydrogens (tertiary/aromatic N) is 3. The molecule has 0 unspecified atom stereocenters. The van der Waals surface area contributed by atoms with E-state index in [0.29, 0.717) is 10.9 Å². The highest BCUT2D eigenvalue weighted by Crippen LogP contribution is 2.22. The highest BCUT2D eigenvalue weighted by atomic mass is 16.2. The first-order valence-corrected chi connectivity index (χ1v) is 9.77. The molecule has 2 fully saturated rings. The van der Waals surface area contributed by atoms with Gasteiger partial charge >= 0.3 is 0 Å². The minimum absolute atomic E-state index is 0.0970. The average Bonchev–Trinajstić information content (AvgIpc) is 3.18. The zero-order chi connectivity index (χ0) is 18.1. The lowest BCUT2D eigenvalue weighted by atomic mass is 10.00. The molecule has 0 saturated carbocycles. The number of likely N-dealkylation sites (tertiary alicyclic amines) is 2. The van der Waals surface area contributed by atoms with Gasteiger partial charge in [-0.25, -0.2) is 0 Å². The molecule has 138 valence electrons. The van der Waals surface area contributed by atoms with Gasteiger partial charge in [-0.05, 0) is 57.3 Å². The van der Waals surface area contributed by atoms with Gasteiger partial charge in [-0.1, -0.05) is 12.1 Å². The summed E-state index contributed by atoms with van der Waals surface area (Å²) in [5.74, 6) is -0.0970. The number of aryl methyl sites for hydroxylation is 1. The number of fused-ring (bicyclic) bond motifs is 1. The van der Waals surface area contributed by atoms with Crippen molar-refractivity contribution in [1.29, 1.82) is 0 Å². The molecule has 26 heavy (non-hydrogen) atoms. The van der Waals surface area contributed by atoms with Crippen LogP contribution in [-0.2, 0) is 7.05 Å². The third-order valence-electron chi connectivity index (χ3n) is 5.88. The van der Waals surface area contributed by atoms with Crippen molar-refractivity contribution in [2.45, 2.75) is 38.1 Å². The molecule has 0 aliphatic carbocycles. The van der Waals surface area contributed by atoms with Crippen LogP contribution in [0.5, 0.6) is 0 Å². The maximum absolute atomic E-state index is 13.3. The van der Waals surface area contributed by atoms with Gasteiger partial charge in [0.25, 0.3) is 5.91 Å². The number of piperidine rings is 1. The van der Waals surface area contributed by atoms with Crippen LogP contribution in [0.15, 0.2) is 35.3 Å². The van der Waals surface area contributed by atoms with Gasteiger partial charge in [-0.15, -0.1) is 0 Å². The lowest BCUT2D eigenvalue weighted by molar-refractivity contribution is 0.0559. The fourth-order valence-electron chi connectivity index (χ4n) is 4.47. The Balaban J connectivity index is 1.66. The van der Waals surface area contributed by atoms with Gasteiger partial charge < -0.3 is 14.4 Å². The molecule has 5 nitrogen and oxygen atoms in total. The number of aromatic nitrogens is 1. The van der Waals surface area contributed by atoms with E-state index in [4.69, 9.17) is 0 Å². The van der Waals surface area contributed by atoms with Gasteiger partial charge in [0, 0.05) is 37.8 Å². The predicted molar refractivity (Wildman–Crippen MR) is 104 cm³/mol. The summed E-state index contributed by atoms with van der Waals surface area (Å²) in [5.41, 5.74) is 1.02. The summed E-state index contributed by atoms with van der Waals surface area (Å²) in [6.45, 7) is 3.97. The van der Waals surface area contributed by atoms with Crippen LogP contribution >= 0.6 is 0 Å². The molecule has 1 aromatic carbocycles. The van der Waals surface area contributed by atoms with Gasteiger partial charge in [0.05, 0.1) is 5.52 Å². The van der Waals surface area contributed by atoms with E-state index in [2.05, 4.69) is 4.90 Å². The standard InChI is InChI=1S/C21H27N3O2/c1-22-15-18(20(25)17-9-2-3-10-19(17)22)21(26)24-13-5-4-8-16(24)14-23-11-6-7-12-23/h2-3,9-10,15-16H,4-8,11-14H2,1H3/t16-/m1/s1. The Hall–Kier alpha value is -2.14. The van der Waals surface area contributed by atoms with Gasteiger partial charge in [0.2, 0.25) is 5.43 Å². The molecule has 0 spiro atoms. The number of hydrogen-bond donors (Lipinski definition) is 0. The zero-order valence-electron chi connectivity index (χ0n) is 15.5. The second-order valence-electron chi connectivity index (χ2n) is 7.66. The van der Waals surface area contributed by atoms with E-state index >= 15 is 0 Å². The zero-order valence-corrected chi connectivity index (χ0v) is 15.5. The predicted octanol–water partition coefficient (Wildman–Crippen LogP) is 2.63. The van der Waals surface area contributed by atoms with Crippen LogP contribution in [0.25, 0.3) is 10.9 Å². The molecule has 1 amide bonds. The number of carbonyl (C=O) groups is 1. The number of rotatable bonds is 3. The van der Waals surface area contributed by atoms with Crippen molar-refractivity contribution in [2.24, 2.45) is 7.05 Å². The highest BCUT2D eigenvalue weighted by Gasteiger charge is 2.31. The summed E-state index contributed by atoms with van der Waals surface area (Å²) in [5, 5.41) is 0.619. The van der Waals surface area contributed by atoms with E-state index in [1.54, 1.807) is 6.20 Å². The van der Waals surface area contributed by atoms with Gasteiger partial charge in [-0.2, -0.15) is 0 Å². The lowest BCUT2D eigenvalue weighted by Gasteiger charge is -2.38. The summed E-state index contributed by atoms with van der Waals surface area (Å²) in [7, 11) is 1.90. The molecule has 3 heterocycles. The Bertz CT molecular complexity index is 867. The topological polar surface area (TPSA) is 45.6 Å². The molecule has 0 bridgehead atoms. The Labute approximate surface area is 154 Å². The third-order valence-corrected chi connectivity index (χ3v) is 5.88. The second kappa shape index (κ2) is 7.23. The van der Waals surface area contributed by atoms with Gasteiger partial charge in [0.15, 0.2) is 0 Å². The highest BCUT2D eigenvalue weighted by molar-refractivity contribution is 5.97. The van der Waals surface area contributed by atoms with E-state index in [9.17, 15) is 9.59 Å². The smallest absolute Gasteiger partial charge is 0.259 e. The van der Waals surface area contributed by atoms with Crippen molar-refractivity contribution in [3.8, 4) is 0 Å². The second-order valence-corrected chi connectivity index (χ2v) is 7.66. The number of para-hydroxylation sites is 1. The van der Waals surface area contributed by atoms with E-state index < -0.39 is 0 Å². The Kier molecular flexibility index (Phi) is 4.81. The molecule has 4 rings (SSSR count). The van der Waals surface area contributed by atoms with Crippen LogP contribution in [0.4, 0.5) is 0 Å². The lowest BCUT2D eigenvalue weighted by Crippen LogP contribution is -2.50. The number of amides is 1. The minimum Gasteiger partial charge on any atom is -0.350 e. The maximum Gasteiger partial charge on any atom is 0.259 e. The maximum atomic E-state index is 13.3. The largest absolute Gasteiger partial charge is 0.350 e. The van der Waals surface area contributed by atoms with Crippen molar-refractivity contribution in [3.63, 3.8) is 0 Å². The minimum atomic E-state index is -0.144. The summed E-state index contributed by atoms with van der Waals surface area (Å²) in [6.07, 6.45) is 7.45. The first kappa shape index (κ1) is 17.3. The molecule has 0 N–H and O–H groups in total.